The highest BCUT2D eigenvalue weighted by Crippen LogP contribution is 2.39. The first-order valence-electron chi connectivity index (χ1n) is 17.7. The fraction of sp³-hybridized carbons (Fsp3) is 0.273. The Kier molecular flexibility index (Phi) is 15.5. The quantitative estimate of drug-likeness (QED) is 0.0758. The van der Waals surface area contributed by atoms with Gasteiger partial charge in [-0.2, -0.15) is 0 Å². The number of para-hydroxylation sites is 2. The number of benzene rings is 4. The fourth-order valence-corrected chi connectivity index (χ4v) is 6.76. The minimum absolute atomic E-state index is 0.218. The average molecular weight is 846 g/mol. The van der Waals surface area contributed by atoms with Crippen molar-refractivity contribution in [3.63, 3.8) is 0 Å². The van der Waals surface area contributed by atoms with Crippen LogP contribution in [0.2, 0.25) is 5.02 Å². The predicted molar refractivity (Wildman–Crippen MR) is 229 cm³/mol. The highest BCUT2D eigenvalue weighted by Gasteiger charge is 2.31. The summed E-state index contributed by atoms with van der Waals surface area (Å²) in [6.07, 6.45) is 3.49. The van der Waals surface area contributed by atoms with Crippen molar-refractivity contribution in [3.05, 3.63) is 114 Å². The van der Waals surface area contributed by atoms with Gasteiger partial charge in [-0.15, -0.1) is 11.8 Å². The zero-order valence-corrected chi connectivity index (χ0v) is 35.5. The topological polar surface area (TPSA) is 96.8 Å². The van der Waals surface area contributed by atoms with Crippen LogP contribution in [0.4, 0.5) is 0 Å². The zero-order valence-electron chi connectivity index (χ0n) is 32.3. The second-order valence-electron chi connectivity index (χ2n) is 13.0. The Hall–Kier alpha value is -4.64. The Morgan fingerprint density at radius 3 is 1.64 bits per heavy atom. The highest BCUT2D eigenvalue weighted by atomic mass is 79.9. The van der Waals surface area contributed by atoms with Gasteiger partial charge in [-0.3, -0.25) is 19.6 Å². The summed E-state index contributed by atoms with van der Waals surface area (Å²) in [6, 6.07) is 31.8. The molecule has 55 heavy (non-hydrogen) atoms. The van der Waals surface area contributed by atoms with Crippen molar-refractivity contribution >= 4 is 73.0 Å². The number of nitrogens with zero attached hydrogens (tertiary/aromatic N) is 2. The molecule has 0 N–H and O–H groups in total. The third-order valence-electron chi connectivity index (χ3n) is 8.12. The Balaban J connectivity index is 0.000000208. The van der Waals surface area contributed by atoms with E-state index in [1.807, 2.05) is 106 Å². The van der Waals surface area contributed by atoms with Crippen molar-refractivity contribution < 1.29 is 28.5 Å². The first kappa shape index (κ1) is 43.1. The standard InChI is InChI=1S/C22H23NO3S.C16H12ClNO.C6H11BrO2/c1-5-26-21(24)22(2,3)27-20-12-13-23-18-11-10-15(14-17(18)20)16-8-6-7-9-19(16)25-4;1-19-16-5-3-2-4-12(16)11-6-7-15-13(10-11)14(17)8-9-18-15;1-4-9-5(8)6(2,3)7/h6-14H,5H2,1-4H3;2-10H,1H3;4H2,1-3H3. The molecule has 0 fully saturated rings. The molecule has 0 spiro atoms. The van der Waals surface area contributed by atoms with Crippen molar-refractivity contribution in [3.8, 4) is 33.8 Å². The maximum Gasteiger partial charge on any atom is 0.322 e. The molecule has 6 rings (SSSR count). The summed E-state index contributed by atoms with van der Waals surface area (Å²) in [7, 11) is 3.35. The van der Waals surface area contributed by atoms with E-state index >= 15 is 0 Å². The fourth-order valence-electron chi connectivity index (χ4n) is 5.35. The molecule has 4 aromatic carbocycles. The molecule has 11 heteroatoms. The van der Waals surface area contributed by atoms with E-state index in [1.54, 1.807) is 53.5 Å². The number of thioether (sulfide) groups is 1. The number of ether oxygens (including phenoxy) is 4. The minimum atomic E-state index is -0.690. The molecule has 0 saturated carbocycles. The lowest BCUT2D eigenvalue weighted by Crippen LogP contribution is -2.29. The van der Waals surface area contributed by atoms with E-state index in [-0.39, 0.29) is 11.9 Å². The van der Waals surface area contributed by atoms with E-state index < -0.39 is 9.07 Å². The van der Waals surface area contributed by atoms with Gasteiger partial charge in [0.15, 0.2) is 0 Å². The number of carbonyl (C=O) groups is 2. The average Bonchev–Trinajstić information content (AvgIpc) is 3.18. The summed E-state index contributed by atoms with van der Waals surface area (Å²) in [6.45, 7) is 11.7. The van der Waals surface area contributed by atoms with Crippen LogP contribution in [0.25, 0.3) is 44.1 Å². The van der Waals surface area contributed by atoms with Crippen molar-refractivity contribution in [2.24, 2.45) is 0 Å². The third kappa shape index (κ3) is 11.4. The minimum Gasteiger partial charge on any atom is -0.496 e. The van der Waals surface area contributed by atoms with Gasteiger partial charge in [0, 0.05) is 39.2 Å². The van der Waals surface area contributed by atoms with Crippen molar-refractivity contribution in [2.45, 2.75) is 55.5 Å². The number of hydrogen-bond acceptors (Lipinski definition) is 9. The summed E-state index contributed by atoms with van der Waals surface area (Å²) >= 11 is 10.9. The van der Waals surface area contributed by atoms with Crippen molar-refractivity contribution in [1.82, 2.24) is 9.97 Å². The molecular weight excluding hydrogens is 800 g/mol. The molecule has 0 amide bonds. The molecule has 0 atom stereocenters. The lowest BCUT2D eigenvalue weighted by Gasteiger charge is -2.22. The van der Waals surface area contributed by atoms with Gasteiger partial charge in [-0.25, -0.2) is 0 Å². The molecule has 8 nitrogen and oxygen atoms in total. The summed E-state index contributed by atoms with van der Waals surface area (Å²) in [4.78, 5) is 32.9. The Morgan fingerprint density at radius 2 is 1.15 bits per heavy atom. The number of methoxy groups -OCH3 is 2. The molecule has 0 unspecified atom stereocenters. The number of fused-ring (bicyclic) bond motifs is 2. The number of pyridine rings is 2. The lowest BCUT2D eigenvalue weighted by atomic mass is 10.0. The van der Waals surface area contributed by atoms with E-state index in [2.05, 4.69) is 32.0 Å². The number of carbonyl (C=O) groups excluding carboxylic acids is 2. The number of aromatic nitrogens is 2. The van der Waals surface area contributed by atoms with Crippen LogP contribution in [0.15, 0.2) is 114 Å². The largest absolute Gasteiger partial charge is 0.496 e. The van der Waals surface area contributed by atoms with E-state index in [0.29, 0.717) is 18.2 Å². The summed E-state index contributed by atoms with van der Waals surface area (Å²) in [5.74, 6) is 1.23. The number of halogens is 2. The molecule has 2 aromatic heterocycles. The molecule has 288 valence electrons. The van der Waals surface area contributed by atoms with Gasteiger partial charge in [0.25, 0.3) is 0 Å². The van der Waals surface area contributed by atoms with Crippen LogP contribution in [0.3, 0.4) is 0 Å². The molecule has 0 saturated heterocycles. The van der Waals surface area contributed by atoms with Gasteiger partial charge in [-0.05, 0) is 101 Å². The lowest BCUT2D eigenvalue weighted by molar-refractivity contribution is -0.145. The number of esters is 2. The maximum atomic E-state index is 12.3. The van der Waals surface area contributed by atoms with E-state index in [4.69, 9.17) is 30.5 Å². The molecule has 0 aliphatic carbocycles. The first-order chi connectivity index (χ1) is 26.2. The van der Waals surface area contributed by atoms with Gasteiger partial charge in [0.05, 0.1) is 43.5 Å². The molecule has 0 bridgehead atoms. The zero-order chi connectivity index (χ0) is 40.2. The van der Waals surface area contributed by atoms with Crippen LogP contribution < -0.4 is 9.47 Å². The van der Waals surface area contributed by atoms with Crippen LogP contribution in [0.5, 0.6) is 11.5 Å². The smallest absolute Gasteiger partial charge is 0.322 e. The third-order valence-corrected chi connectivity index (χ3v) is 10.0. The highest BCUT2D eigenvalue weighted by molar-refractivity contribution is 9.10. The molecule has 0 aliphatic rings. The van der Waals surface area contributed by atoms with E-state index in [1.165, 1.54) is 11.8 Å². The molecule has 2 heterocycles. The number of hydrogen-bond donors (Lipinski definition) is 0. The molecule has 6 aromatic rings. The van der Waals surface area contributed by atoms with Gasteiger partial charge in [0.1, 0.15) is 20.6 Å². The number of alkyl halides is 1. The van der Waals surface area contributed by atoms with Crippen LogP contribution in [0.1, 0.15) is 41.5 Å². The van der Waals surface area contributed by atoms with E-state index in [0.717, 1.165) is 60.5 Å². The van der Waals surface area contributed by atoms with Gasteiger partial charge in [-0.1, -0.05) is 76.1 Å². The summed E-state index contributed by atoms with van der Waals surface area (Å²) in [5, 5.41) is 2.66. The predicted octanol–water partition coefficient (Wildman–Crippen LogP) is 11.6. The summed E-state index contributed by atoms with van der Waals surface area (Å²) in [5.41, 5.74) is 5.96. The first-order valence-corrected chi connectivity index (χ1v) is 19.6. The molecule has 0 aliphatic heterocycles. The monoisotopic (exact) mass is 844 g/mol. The normalized spacial score (nSPS) is 11.1. The second kappa shape index (κ2) is 19.8. The van der Waals surface area contributed by atoms with Crippen molar-refractivity contribution in [2.75, 3.05) is 27.4 Å². The Morgan fingerprint density at radius 1 is 0.673 bits per heavy atom. The van der Waals surface area contributed by atoms with Gasteiger partial charge < -0.3 is 18.9 Å². The van der Waals surface area contributed by atoms with Crippen LogP contribution in [-0.4, -0.2) is 58.4 Å². The Bertz CT molecular complexity index is 2240. The SMILES string of the molecule is CCOC(=O)C(C)(C)Br.CCOC(=O)C(C)(C)Sc1ccnc2ccc(-c3ccccc3OC)cc12.COc1ccccc1-c1ccc2nccc(Cl)c2c1. The van der Waals surface area contributed by atoms with Crippen LogP contribution in [-0.2, 0) is 19.1 Å². The molecule has 0 radical (unpaired) electrons. The van der Waals surface area contributed by atoms with E-state index in [9.17, 15) is 9.59 Å². The maximum absolute atomic E-state index is 12.3. The van der Waals surface area contributed by atoms with Crippen molar-refractivity contribution in [1.29, 1.82) is 0 Å². The van der Waals surface area contributed by atoms with Gasteiger partial charge in [0.2, 0.25) is 0 Å². The van der Waals surface area contributed by atoms with Crippen LogP contribution in [0, 0.1) is 0 Å². The Labute approximate surface area is 341 Å². The summed E-state index contributed by atoms with van der Waals surface area (Å²) < 4.78 is 19.6. The van der Waals surface area contributed by atoms with Gasteiger partial charge >= 0.3 is 11.9 Å². The molecular formula is C44H46BrClN2O6S. The van der Waals surface area contributed by atoms with Crippen LogP contribution >= 0.6 is 39.3 Å². The number of rotatable bonds is 10. The second-order valence-corrected chi connectivity index (χ2v) is 17.0.